The SMILES string of the molecule is O=C(NCC(O)COc1cccc(Cl)c1Cl)c1ccc(N2CCCCC2=O)cc1. The minimum atomic E-state index is -0.917. The summed E-state index contributed by atoms with van der Waals surface area (Å²) in [6, 6.07) is 11.8. The van der Waals surface area contributed by atoms with Gasteiger partial charge in [0.1, 0.15) is 23.5 Å². The Morgan fingerprint density at radius 2 is 1.93 bits per heavy atom. The van der Waals surface area contributed by atoms with Crippen molar-refractivity contribution in [3.05, 3.63) is 58.1 Å². The lowest BCUT2D eigenvalue weighted by Gasteiger charge is -2.26. The van der Waals surface area contributed by atoms with E-state index in [2.05, 4.69) is 5.32 Å². The van der Waals surface area contributed by atoms with Gasteiger partial charge in [0.2, 0.25) is 5.91 Å². The van der Waals surface area contributed by atoms with Crippen molar-refractivity contribution in [2.75, 3.05) is 24.6 Å². The first-order chi connectivity index (χ1) is 14.0. The van der Waals surface area contributed by atoms with Crippen LogP contribution < -0.4 is 15.0 Å². The molecule has 1 fully saturated rings. The third-order valence-electron chi connectivity index (χ3n) is 4.61. The van der Waals surface area contributed by atoms with Crippen molar-refractivity contribution in [2.45, 2.75) is 25.4 Å². The zero-order valence-corrected chi connectivity index (χ0v) is 17.2. The maximum absolute atomic E-state index is 12.3. The predicted octanol–water partition coefficient (Wildman–Crippen LogP) is 3.68. The molecule has 1 saturated heterocycles. The summed E-state index contributed by atoms with van der Waals surface area (Å²) < 4.78 is 5.46. The van der Waals surface area contributed by atoms with Crippen molar-refractivity contribution in [1.29, 1.82) is 0 Å². The third-order valence-corrected chi connectivity index (χ3v) is 5.41. The van der Waals surface area contributed by atoms with Gasteiger partial charge in [0.15, 0.2) is 0 Å². The van der Waals surface area contributed by atoms with Crippen molar-refractivity contribution >= 4 is 40.7 Å². The van der Waals surface area contributed by atoms with E-state index in [1.54, 1.807) is 47.4 Å². The molecule has 0 aliphatic carbocycles. The highest BCUT2D eigenvalue weighted by Crippen LogP contribution is 2.31. The van der Waals surface area contributed by atoms with Crippen molar-refractivity contribution in [1.82, 2.24) is 5.32 Å². The number of carbonyl (C=O) groups excluding carboxylic acids is 2. The summed E-state index contributed by atoms with van der Waals surface area (Å²) in [5.74, 6) is 0.158. The number of carbonyl (C=O) groups is 2. The molecular weight excluding hydrogens is 415 g/mol. The van der Waals surface area contributed by atoms with E-state index in [1.165, 1.54) is 0 Å². The fraction of sp³-hybridized carbons (Fsp3) is 0.333. The number of benzene rings is 2. The van der Waals surface area contributed by atoms with E-state index >= 15 is 0 Å². The second-order valence-corrected chi connectivity index (χ2v) is 7.56. The molecule has 3 rings (SSSR count). The molecule has 2 amide bonds. The number of nitrogens with zero attached hydrogens (tertiary/aromatic N) is 1. The molecule has 1 atom stereocenters. The summed E-state index contributed by atoms with van der Waals surface area (Å²) in [6.07, 6.45) is 1.54. The Balaban J connectivity index is 1.48. The topological polar surface area (TPSA) is 78.9 Å². The van der Waals surface area contributed by atoms with Crippen LogP contribution in [0, 0.1) is 0 Å². The Kier molecular flexibility index (Phi) is 7.36. The van der Waals surface area contributed by atoms with Crippen LogP contribution in [0.4, 0.5) is 5.69 Å². The zero-order chi connectivity index (χ0) is 20.8. The molecule has 2 aromatic carbocycles. The summed E-state index contributed by atoms with van der Waals surface area (Å²) in [7, 11) is 0. The van der Waals surface area contributed by atoms with Crippen molar-refractivity contribution in [2.24, 2.45) is 0 Å². The van der Waals surface area contributed by atoms with E-state index in [1.807, 2.05) is 0 Å². The molecule has 1 aliphatic rings. The maximum atomic E-state index is 12.3. The van der Waals surface area contributed by atoms with Crippen LogP contribution in [0.5, 0.6) is 5.75 Å². The van der Waals surface area contributed by atoms with E-state index in [-0.39, 0.29) is 30.0 Å². The number of ether oxygens (including phenoxy) is 1. The third kappa shape index (κ3) is 5.63. The van der Waals surface area contributed by atoms with E-state index < -0.39 is 6.10 Å². The number of hydrogen-bond acceptors (Lipinski definition) is 4. The number of anilines is 1. The first kappa shape index (κ1) is 21.4. The number of aliphatic hydroxyl groups is 1. The minimum Gasteiger partial charge on any atom is -0.489 e. The van der Waals surface area contributed by atoms with Crippen LogP contribution >= 0.6 is 23.2 Å². The van der Waals surface area contributed by atoms with Gasteiger partial charge in [0.05, 0.1) is 5.02 Å². The highest BCUT2D eigenvalue weighted by atomic mass is 35.5. The molecule has 0 radical (unpaired) electrons. The average Bonchev–Trinajstić information content (AvgIpc) is 2.73. The molecule has 1 unspecified atom stereocenters. The summed E-state index contributed by atoms with van der Waals surface area (Å²) in [5.41, 5.74) is 1.24. The number of piperidine rings is 1. The monoisotopic (exact) mass is 436 g/mol. The number of halogens is 2. The number of aliphatic hydroxyl groups excluding tert-OH is 1. The molecule has 1 heterocycles. The molecule has 0 saturated carbocycles. The van der Waals surface area contributed by atoms with Gasteiger partial charge >= 0.3 is 0 Å². The maximum Gasteiger partial charge on any atom is 0.251 e. The largest absolute Gasteiger partial charge is 0.489 e. The van der Waals surface area contributed by atoms with Crippen LogP contribution in [0.1, 0.15) is 29.6 Å². The molecule has 6 nitrogen and oxygen atoms in total. The highest BCUT2D eigenvalue weighted by molar-refractivity contribution is 6.42. The van der Waals surface area contributed by atoms with Crippen LogP contribution in [0.3, 0.4) is 0 Å². The lowest BCUT2D eigenvalue weighted by molar-refractivity contribution is -0.119. The van der Waals surface area contributed by atoms with Crippen molar-refractivity contribution < 1.29 is 19.4 Å². The Morgan fingerprint density at radius 1 is 1.17 bits per heavy atom. The van der Waals surface area contributed by atoms with Crippen LogP contribution in [0.25, 0.3) is 0 Å². The molecular formula is C21H22Cl2N2O4. The normalized spacial score (nSPS) is 15.1. The second kappa shape index (κ2) is 9.96. The van der Waals surface area contributed by atoms with Gasteiger partial charge in [-0.05, 0) is 49.2 Å². The zero-order valence-electron chi connectivity index (χ0n) is 15.7. The average molecular weight is 437 g/mol. The van der Waals surface area contributed by atoms with E-state index in [4.69, 9.17) is 27.9 Å². The number of hydrogen-bond donors (Lipinski definition) is 2. The first-order valence-electron chi connectivity index (χ1n) is 9.39. The molecule has 1 aliphatic heterocycles. The Bertz CT molecular complexity index is 873. The molecule has 154 valence electrons. The van der Waals surface area contributed by atoms with Gasteiger partial charge in [0.25, 0.3) is 5.91 Å². The van der Waals surface area contributed by atoms with Gasteiger partial charge in [-0.1, -0.05) is 29.3 Å². The van der Waals surface area contributed by atoms with Gasteiger partial charge in [-0.3, -0.25) is 9.59 Å². The molecule has 8 heteroatoms. The van der Waals surface area contributed by atoms with Gasteiger partial charge in [-0.2, -0.15) is 0 Å². The van der Waals surface area contributed by atoms with Gasteiger partial charge in [-0.25, -0.2) is 0 Å². The molecule has 0 bridgehead atoms. The summed E-state index contributed by atoms with van der Waals surface area (Å²) in [4.78, 5) is 26.0. The molecule has 0 spiro atoms. The van der Waals surface area contributed by atoms with Crippen LogP contribution in [-0.2, 0) is 4.79 Å². The molecule has 2 aromatic rings. The van der Waals surface area contributed by atoms with Crippen LogP contribution in [0.2, 0.25) is 10.0 Å². The number of nitrogens with one attached hydrogen (secondary N) is 1. The van der Waals surface area contributed by atoms with Crippen LogP contribution in [-0.4, -0.2) is 42.7 Å². The van der Waals surface area contributed by atoms with E-state index in [9.17, 15) is 14.7 Å². The van der Waals surface area contributed by atoms with Crippen LogP contribution in [0.15, 0.2) is 42.5 Å². The smallest absolute Gasteiger partial charge is 0.251 e. The summed E-state index contributed by atoms with van der Waals surface area (Å²) in [5, 5.41) is 13.3. The van der Waals surface area contributed by atoms with Gasteiger partial charge in [-0.15, -0.1) is 0 Å². The van der Waals surface area contributed by atoms with E-state index in [0.717, 1.165) is 18.5 Å². The molecule has 0 aromatic heterocycles. The molecule has 29 heavy (non-hydrogen) atoms. The predicted molar refractivity (Wildman–Crippen MR) is 113 cm³/mol. The lowest BCUT2D eigenvalue weighted by Crippen LogP contribution is -2.36. The molecule has 2 N–H and O–H groups in total. The number of rotatable bonds is 7. The van der Waals surface area contributed by atoms with E-state index in [0.29, 0.717) is 29.3 Å². The fourth-order valence-electron chi connectivity index (χ4n) is 3.02. The quantitative estimate of drug-likeness (QED) is 0.693. The Labute approximate surface area is 179 Å². The van der Waals surface area contributed by atoms with Crippen molar-refractivity contribution in [3.63, 3.8) is 0 Å². The first-order valence-corrected chi connectivity index (χ1v) is 10.1. The number of amides is 2. The fourth-order valence-corrected chi connectivity index (χ4v) is 3.37. The van der Waals surface area contributed by atoms with Gasteiger partial charge in [0, 0.05) is 30.8 Å². The second-order valence-electron chi connectivity index (χ2n) is 6.78. The Morgan fingerprint density at radius 3 is 2.66 bits per heavy atom. The summed E-state index contributed by atoms with van der Waals surface area (Å²) in [6.45, 7) is 0.674. The standard InChI is InChI=1S/C21H22Cl2N2O4/c22-17-4-3-5-18(20(17)23)29-13-16(26)12-24-21(28)14-7-9-15(10-8-14)25-11-2-1-6-19(25)27/h3-5,7-10,16,26H,1-2,6,11-13H2,(H,24,28). The Hall–Kier alpha value is -2.28. The highest BCUT2D eigenvalue weighted by Gasteiger charge is 2.20. The summed E-state index contributed by atoms with van der Waals surface area (Å²) >= 11 is 11.9. The minimum absolute atomic E-state index is 0.0172. The lowest BCUT2D eigenvalue weighted by atomic mass is 10.1. The van der Waals surface area contributed by atoms with Gasteiger partial charge < -0.3 is 20.1 Å². The van der Waals surface area contributed by atoms with Crippen molar-refractivity contribution in [3.8, 4) is 5.75 Å².